The Kier molecular flexibility index (Phi) is 3.63. The minimum absolute atomic E-state index is 0.326. The van der Waals surface area contributed by atoms with E-state index in [-0.39, 0.29) is 5.91 Å². The Balaban J connectivity index is 1.79. The molecule has 2 heterocycles. The summed E-state index contributed by atoms with van der Waals surface area (Å²) >= 11 is 0. The van der Waals surface area contributed by atoms with Gasteiger partial charge in [-0.05, 0) is 24.3 Å². The van der Waals surface area contributed by atoms with Crippen molar-refractivity contribution in [1.82, 2.24) is 9.55 Å². The number of nitrogens with one attached hydrogen (secondary N) is 1. The summed E-state index contributed by atoms with van der Waals surface area (Å²) in [6.07, 6.45) is 2.57. The molecule has 2 aromatic heterocycles. The molecule has 0 bridgehead atoms. The molecule has 1 N–H and O–H groups in total. The highest BCUT2D eigenvalue weighted by atomic mass is 16.5. The van der Waals surface area contributed by atoms with Crippen molar-refractivity contribution in [2.45, 2.75) is 0 Å². The molecular formula is C19H14N4O2. The van der Waals surface area contributed by atoms with Crippen molar-refractivity contribution in [2.24, 2.45) is 0 Å². The summed E-state index contributed by atoms with van der Waals surface area (Å²) in [6.45, 7) is 0. The first kappa shape index (κ1) is 14.9. The minimum atomic E-state index is -0.326. The number of para-hydroxylation sites is 3. The van der Waals surface area contributed by atoms with Gasteiger partial charge in [-0.1, -0.05) is 30.3 Å². The van der Waals surface area contributed by atoms with Crippen LogP contribution in [0.5, 0.6) is 0 Å². The molecule has 0 spiro atoms. The van der Waals surface area contributed by atoms with Gasteiger partial charge in [-0.3, -0.25) is 14.7 Å². The van der Waals surface area contributed by atoms with E-state index in [4.69, 9.17) is 0 Å². The van der Waals surface area contributed by atoms with E-state index >= 15 is 0 Å². The van der Waals surface area contributed by atoms with Gasteiger partial charge in [-0.15, -0.1) is 0 Å². The zero-order valence-corrected chi connectivity index (χ0v) is 13.2. The summed E-state index contributed by atoms with van der Waals surface area (Å²) in [5, 5.41) is 14.0. The van der Waals surface area contributed by atoms with Crippen molar-refractivity contribution in [3.05, 3.63) is 89.9 Å². The maximum Gasteiger partial charge on any atom is 0.258 e. The number of carbonyl (C=O) groups excluding carboxylic acids is 1. The summed E-state index contributed by atoms with van der Waals surface area (Å²) in [5.41, 5.74) is 2.97. The number of nitrogens with zero attached hydrogens (tertiary/aromatic N) is 3. The van der Waals surface area contributed by atoms with Gasteiger partial charge in [0.15, 0.2) is 12.4 Å². The molecule has 122 valence electrons. The van der Waals surface area contributed by atoms with Crippen molar-refractivity contribution in [3.8, 4) is 5.69 Å². The molecule has 25 heavy (non-hydrogen) atoms. The van der Waals surface area contributed by atoms with E-state index in [2.05, 4.69) is 10.3 Å². The fourth-order valence-electron chi connectivity index (χ4n) is 2.69. The number of rotatable bonds is 3. The average molecular weight is 330 g/mol. The van der Waals surface area contributed by atoms with Gasteiger partial charge in [-0.25, -0.2) is 4.98 Å². The summed E-state index contributed by atoms with van der Waals surface area (Å²) in [4.78, 5) is 17.0. The highest BCUT2D eigenvalue weighted by molar-refractivity contribution is 6.04. The predicted octanol–water partition coefficient (Wildman–Crippen LogP) is 2.91. The Morgan fingerprint density at radius 1 is 0.960 bits per heavy atom. The Morgan fingerprint density at radius 2 is 1.64 bits per heavy atom. The van der Waals surface area contributed by atoms with Crippen LogP contribution < -0.4 is 10.0 Å². The molecule has 0 saturated carbocycles. The largest absolute Gasteiger partial charge is 0.619 e. The van der Waals surface area contributed by atoms with Crippen LogP contribution in [0, 0.1) is 5.21 Å². The quantitative estimate of drug-likeness (QED) is 0.464. The van der Waals surface area contributed by atoms with Gasteiger partial charge in [-0.2, -0.15) is 4.73 Å². The summed E-state index contributed by atoms with van der Waals surface area (Å²) in [5.74, 6) is 0.101. The molecule has 0 aliphatic carbocycles. The van der Waals surface area contributed by atoms with Gasteiger partial charge in [0.2, 0.25) is 5.95 Å². The Morgan fingerprint density at radius 3 is 2.40 bits per heavy atom. The molecule has 0 atom stereocenters. The van der Waals surface area contributed by atoms with E-state index < -0.39 is 0 Å². The zero-order valence-electron chi connectivity index (χ0n) is 13.2. The molecule has 6 heteroatoms. The lowest BCUT2D eigenvalue weighted by Crippen LogP contribution is -2.25. The second-order valence-electron chi connectivity index (χ2n) is 5.50. The lowest BCUT2D eigenvalue weighted by molar-refractivity contribution is -0.605. The minimum Gasteiger partial charge on any atom is -0.619 e. The highest BCUT2D eigenvalue weighted by Gasteiger charge is 2.15. The smallest absolute Gasteiger partial charge is 0.258 e. The van der Waals surface area contributed by atoms with Crippen molar-refractivity contribution >= 4 is 22.9 Å². The number of amides is 1. The van der Waals surface area contributed by atoms with Crippen molar-refractivity contribution in [2.75, 3.05) is 5.32 Å². The third kappa shape index (κ3) is 2.81. The fraction of sp³-hybridized carbons (Fsp3) is 0. The lowest BCUT2D eigenvalue weighted by atomic mass is 10.2. The van der Waals surface area contributed by atoms with Gasteiger partial charge in [0.25, 0.3) is 5.91 Å². The maximum atomic E-state index is 12.5. The standard InChI is InChI=1S/C19H14N4O2/c24-18(14-10-12-22(25)13-11-14)21-19-20-16-8-4-5-9-17(16)23(19)15-6-2-1-3-7-15/h1-13H,(H,20,21,24). The van der Waals surface area contributed by atoms with Crippen molar-refractivity contribution < 1.29 is 9.52 Å². The number of hydrogen-bond donors (Lipinski definition) is 1. The first-order valence-electron chi connectivity index (χ1n) is 7.75. The number of pyridine rings is 1. The topological polar surface area (TPSA) is 73.9 Å². The number of imidazole rings is 1. The highest BCUT2D eigenvalue weighted by Crippen LogP contribution is 2.24. The number of aromatic nitrogens is 3. The molecule has 0 saturated heterocycles. The summed E-state index contributed by atoms with van der Waals surface area (Å²) < 4.78 is 2.53. The van der Waals surface area contributed by atoms with Gasteiger partial charge >= 0.3 is 0 Å². The number of anilines is 1. The van der Waals surface area contributed by atoms with E-state index in [1.165, 1.54) is 24.5 Å². The van der Waals surface area contributed by atoms with Crippen LogP contribution in [-0.2, 0) is 0 Å². The van der Waals surface area contributed by atoms with E-state index in [0.29, 0.717) is 16.2 Å². The SMILES string of the molecule is O=C(Nc1nc2ccccc2n1-c1ccccc1)c1cc[n+]([O-])cc1. The first-order chi connectivity index (χ1) is 12.2. The van der Waals surface area contributed by atoms with Gasteiger partial charge in [0.1, 0.15) is 0 Å². The first-order valence-corrected chi connectivity index (χ1v) is 7.75. The fourth-order valence-corrected chi connectivity index (χ4v) is 2.69. The predicted molar refractivity (Wildman–Crippen MR) is 94.4 cm³/mol. The van der Waals surface area contributed by atoms with Gasteiger partial charge in [0, 0.05) is 17.8 Å². The molecule has 1 amide bonds. The monoisotopic (exact) mass is 330 g/mol. The Hall–Kier alpha value is -3.67. The molecule has 0 aliphatic heterocycles. The van der Waals surface area contributed by atoms with Gasteiger partial charge in [0.05, 0.1) is 16.6 Å². The molecule has 0 radical (unpaired) electrons. The molecule has 0 unspecified atom stereocenters. The molecule has 0 aliphatic rings. The third-order valence-electron chi connectivity index (χ3n) is 3.86. The number of hydrogen-bond acceptors (Lipinski definition) is 3. The van der Waals surface area contributed by atoms with Gasteiger partial charge < -0.3 is 5.21 Å². The van der Waals surface area contributed by atoms with Crippen LogP contribution in [0.2, 0.25) is 0 Å². The molecule has 0 fully saturated rings. The zero-order chi connectivity index (χ0) is 17.2. The molecule has 2 aromatic carbocycles. The number of benzene rings is 2. The molecule has 4 aromatic rings. The van der Waals surface area contributed by atoms with Crippen LogP contribution in [0.1, 0.15) is 10.4 Å². The number of fused-ring (bicyclic) bond motifs is 1. The molecule has 4 rings (SSSR count). The van der Waals surface area contributed by atoms with E-state index in [1.54, 1.807) is 0 Å². The number of carbonyl (C=O) groups is 1. The van der Waals surface area contributed by atoms with Crippen LogP contribution in [0.3, 0.4) is 0 Å². The average Bonchev–Trinajstić information content (AvgIpc) is 3.00. The second kappa shape index (κ2) is 6.09. The van der Waals surface area contributed by atoms with Crippen LogP contribution in [-0.4, -0.2) is 15.5 Å². The van der Waals surface area contributed by atoms with Crippen LogP contribution in [0.4, 0.5) is 5.95 Å². The summed E-state index contributed by atoms with van der Waals surface area (Å²) in [6, 6.07) is 20.3. The lowest BCUT2D eigenvalue weighted by Gasteiger charge is -2.10. The maximum absolute atomic E-state index is 12.5. The van der Waals surface area contributed by atoms with E-state index in [0.717, 1.165) is 16.7 Å². The Bertz CT molecular complexity index is 1040. The van der Waals surface area contributed by atoms with Crippen LogP contribution in [0.25, 0.3) is 16.7 Å². The third-order valence-corrected chi connectivity index (χ3v) is 3.86. The van der Waals surface area contributed by atoms with E-state index in [1.807, 2.05) is 59.2 Å². The van der Waals surface area contributed by atoms with Crippen molar-refractivity contribution in [1.29, 1.82) is 0 Å². The molecule has 6 nitrogen and oxygen atoms in total. The van der Waals surface area contributed by atoms with Crippen molar-refractivity contribution in [3.63, 3.8) is 0 Å². The normalized spacial score (nSPS) is 10.7. The Labute approximate surface area is 143 Å². The van der Waals surface area contributed by atoms with E-state index in [9.17, 15) is 10.0 Å². The van der Waals surface area contributed by atoms with Crippen LogP contribution in [0.15, 0.2) is 79.1 Å². The van der Waals surface area contributed by atoms with Crippen LogP contribution >= 0.6 is 0 Å². The second-order valence-corrected chi connectivity index (χ2v) is 5.50. The summed E-state index contributed by atoms with van der Waals surface area (Å²) in [7, 11) is 0. The molecular weight excluding hydrogens is 316 g/mol.